The minimum atomic E-state index is -2.84. The normalized spacial score (nSPS) is 22.9. The molecule has 7 nitrogen and oxygen atoms in total. The van der Waals surface area contributed by atoms with Gasteiger partial charge in [0.15, 0.2) is 20.4 Å². The van der Waals surface area contributed by atoms with Crippen LogP contribution in [-0.2, 0) is 23.1 Å². The second-order valence-corrected chi connectivity index (χ2v) is 10.7. The number of hydrogen-bond acceptors (Lipinski definition) is 6. The molecule has 1 unspecified atom stereocenters. The topological polar surface area (TPSA) is 63.4 Å². The Kier molecular flexibility index (Phi) is 6.13. The fourth-order valence-electron chi connectivity index (χ4n) is 4.15. The molecular weight excluding hydrogens is 430 g/mol. The first-order chi connectivity index (χ1) is 13.9. The van der Waals surface area contributed by atoms with Gasteiger partial charge in [0.1, 0.15) is 0 Å². The molecule has 10 heteroatoms. The molecule has 4 rings (SSSR count). The van der Waals surface area contributed by atoms with E-state index in [2.05, 4.69) is 16.7 Å². The number of sulfone groups is 1. The average Bonchev–Trinajstić information content (AvgIpc) is 3.22. The Balaban J connectivity index is 1.44. The fourth-order valence-corrected chi connectivity index (χ4v) is 6.36. The third-order valence-electron chi connectivity index (χ3n) is 5.81. The molecule has 3 heterocycles. The first-order valence-electron chi connectivity index (χ1n) is 9.96. The van der Waals surface area contributed by atoms with Gasteiger partial charge in [0, 0.05) is 49.4 Å². The Morgan fingerprint density at radius 1 is 1.17 bits per heavy atom. The molecule has 1 aromatic carbocycles. The van der Waals surface area contributed by atoms with Crippen LogP contribution in [0.25, 0.3) is 11.4 Å². The number of halogens is 1. The lowest BCUT2D eigenvalue weighted by Gasteiger charge is -2.37. The highest BCUT2D eigenvalue weighted by atomic mass is 35.5. The van der Waals surface area contributed by atoms with E-state index >= 15 is 0 Å². The lowest BCUT2D eigenvalue weighted by Crippen LogP contribution is -2.51. The van der Waals surface area contributed by atoms with Gasteiger partial charge in [0.25, 0.3) is 0 Å². The average molecular weight is 456 g/mol. The first kappa shape index (κ1) is 21.0. The summed E-state index contributed by atoms with van der Waals surface area (Å²) in [5.41, 5.74) is 0.994. The van der Waals surface area contributed by atoms with Gasteiger partial charge >= 0.3 is 0 Å². The van der Waals surface area contributed by atoms with Crippen LogP contribution < -0.4 is 0 Å². The maximum Gasteiger partial charge on any atom is 0.199 e. The molecule has 0 saturated carbocycles. The Morgan fingerprint density at radius 3 is 2.45 bits per heavy atom. The number of benzene rings is 1. The second kappa shape index (κ2) is 8.47. The lowest BCUT2D eigenvalue weighted by atomic mass is 10.2. The number of nitrogens with zero attached hydrogens (tertiary/aromatic N) is 5. The summed E-state index contributed by atoms with van der Waals surface area (Å²) in [6, 6.07) is 7.83. The van der Waals surface area contributed by atoms with Crippen LogP contribution in [0.15, 0.2) is 24.3 Å². The van der Waals surface area contributed by atoms with Gasteiger partial charge in [-0.05, 0) is 49.8 Å². The Bertz CT molecular complexity index is 1020. The van der Waals surface area contributed by atoms with Crippen LogP contribution in [0.1, 0.15) is 13.3 Å². The number of piperazine rings is 1. The van der Waals surface area contributed by atoms with Crippen molar-refractivity contribution >= 4 is 33.7 Å². The van der Waals surface area contributed by atoms with Gasteiger partial charge in [-0.15, -0.1) is 0 Å². The molecule has 0 radical (unpaired) electrons. The van der Waals surface area contributed by atoms with E-state index in [-0.39, 0.29) is 6.04 Å². The van der Waals surface area contributed by atoms with Gasteiger partial charge in [0.05, 0.1) is 18.2 Å². The van der Waals surface area contributed by atoms with Gasteiger partial charge in [-0.3, -0.25) is 9.80 Å². The van der Waals surface area contributed by atoms with Crippen molar-refractivity contribution in [2.24, 2.45) is 0 Å². The summed E-state index contributed by atoms with van der Waals surface area (Å²) < 4.78 is 28.1. The molecule has 1 atom stereocenters. The highest BCUT2D eigenvalue weighted by Gasteiger charge is 2.33. The van der Waals surface area contributed by atoms with E-state index in [1.807, 2.05) is 33.5 Å². The van der Waals surface area contributed by atoms with Gasteiger partial charge in [0.2, 0.25) is 0 Å². The zero-order valence-electron chi connectivity index (χ0n) is 16.5. The summed E-state index contributed by atoms with van der Waals surface area (Å²) in [6.45, 7) is 6.98. The van der Waals surface area contributed by atoms with Crippen molar-refractivity contribution < 1.29 is 8.42 Å². The molecule has 2 saturated heterocycles. The Morgan fingerprint density at radius 2 is 1.86 bits per heavy atom. The van der Waals surface area contributed by atoms with Crippen LogP contribution in [0.5, 0.6) is 0 Å². The smallest absolute Gasteiger partial charge is 0.199 e. The van der Waals surface area contributed by atoms with E-state index < -0.39 is 9.84 Å². The third kappa shape index (κ3) is 4.59. The highest BCUT2D eigenvalue weighted by molar-refractivity contribution is 7.91. The molecule has 29 heavy (non-hydrogen) atoms. The van der Waals surface area contributed by atoms with Crippen LogP contribution in [-0.4, -0.2) is 76.3 Å². The molecule has 2 fully saturated rings. The van der Waals surface area contributed by atoms with Crippen LogP contribution in [0.4, 0.5) is 0 Å². The van der Waals surface area contributed by atoms with Gasteiger partial charge < -0.3 is 4.57 Å². The summed E-state index contributed by atoms with van der Waals surface area (Å²) in [5, 5.41) is 5.48. The predicted molar refractivity (Wildman–Crippen MR) is 117 cm³/mol. The molecule has 0 spiro atoms. The van der Waals surface area contributed by atoms with Crippen molar-refractivity contribution in [2.75, 3.05) is 37.7 Å². The van der Waals surface area contributed by atoms with Crippen LogP contribution in [0, 0.1) is 4.77 Å². The van der Waals surface area contributed by atoms with Crippen molar-refractivity contribution in [3.63, 3.8) is 0 Å². The maximum atomic E-state index is 11.8. The fraction of sp³-hybridized carbons (Fsp3) is 0.579. The molecule has 0 bridgehead atoms. The molecule has 158 valence electrons. The largest absolute Gasteiger partial charge is 0.300 e. The van der Waals surface area contributed by atoms with Gasteiger partial charge in [-0.2, -0.15) is 5.10 Å². The van der Waals surface area contributed by atoms with Crippen LogP contribution >= 0.6 is 23.8 Å². The van der Waals surface area contributed by atoms with E-state index in [0.29, 0.717) is 28.0 Å². The number of aromatic nitrogens is 3. The number of rotatable bonds is 5. The molecular formula is C19H26ClN5O2S2. The molecule has 0 N–H and O–H groups in total. The second-order valence-electron chi connectivity index (χ2n) is 7.71. The van der Waals surface area contributed by atoms with E-state index in [1.54, 1.807) is 0 Å². The minimum Gasteiger partial charge on any atom is -0.300 e. The number of hydrogen-bond donors (Lipinski definition) is 0. The van der Waals surface area contributed by atoms with Crippen molar-refractivity contribution in [3.8, 4) is 11.4 Å². The monoisotopic (exact) mass is 455 g/mol. The maximum absolute atomic E-state index is 11.8. The predicted octanol–water partition coefficient (Wildman–Crippen LogP) is 2.52. The molecule has 1 aromatic heterocycles. The summed E-state index contributed by atoms with van der Waals surface area (Å²) >= 11 is 11.7. The molecule has 0 aliphatic carbocycles. The Labute approximate surface area is 181 Å². The molecule has 2 aliphatic rings. The summed E-state index contributed by atoms with van der Waals surface area (Å²) in [4.78, 5) is 4.65. The van der Waals surface area contributed by atoms with Crippen molar-refractivity contribution in [1.29, 1.82) is 0 Å². The lowest BCUT2D eigenvalue weighted by molar-refractivity contribution is 0.0808. The minimum absolute atomic E-state index is 0.181. The third-order valence-corrected chi connectivity index (χ3v) is 8.24. The van der Waals surface area contributed by atoms with Crippen LogP contribution in [0.2, 0.25) is 5.02 Å². The van der Waals surface area contributed by atoms with E-state index in [1.165, 1.54) is 0 Å². The first-order valence-corrected chi connectivity index (χ1v) is 12.6. The van der Waals surface area contributed by atoms with Crippen molar-refractivity contribution in [3.05, 3.63) is 34.1 Å². The molecule has 2 aliphatic heterocycles. The van der Waals surface area contributed by atoms with Gasteiger partial charge in [-0.1, -0.05) is 11.6 Å². The zero-order chi connectivity index (χ0) is 20.6. The van der Waals surface area contributed by atoms with Crippen LogP contribution in [0.3, 0.4) is 0 Å². The standard InChI is InChI=1S/C19H26ClN5O2S2/c1-2-24-18(15-3-5-16(20)6-4-15)21-25(19(24)28)14-22-8-10-23(11-9-22)17-7-12-29(26,27)13-17/h3-6,17H,2,7-14H2,1H3. The van der Waals surface area contributed by atoms with E-state index in [9.17, 15) is 8.42 Å². The van der Waals surface area contributed by atoms with E-state index in [4.69, 9.17) is 28.9 Å². The summed E-state index contributed by atoms with van der Waals surface area (Å²) in [5.74, 6) is 1.49. The summed E-state index contributed by atoms with van der Waals surface area (Å²) in [6.07, 6.45) is 0.763. The van der Waals surface area contributed by atoms with Crippen molar-refractivity contribution in [2.45, 2.75) is 32.6 Å². The van der Waals surface area contributed by atoms with Gasteiger partial charge in [-0.25, -0.2) is 13.1 Å². The molecule has 0 amide bonds. The van der Waals surface area contributed by atoms with E-state index in [0.717, 1.165) is 50.5 Å². The highest BCUT2D eigenvalue weighted by Crippen LogP contribution is 2.22. The SMILES string of the molecule is CCn1c(-c2ccc(Cl)cc2)nn(CN2CCN(C3CCS(=O)(=O)C3)CC2)c1=S. The Hall–Kier alpha value is -1.26. The molecule has 2 aromatic rings. The zero-order valence-corrected chi connectivity index (χ0v) is 18.9. The van der Waals surface area contributed by atoms with Crippen molar-refractivity contribution in [1.82, 2.24) is 24.1 Å². The summed E-state index contributed by atoms with van der Waals surface area (Å²) in [7, 11) is -2.84. The quantitative estimate of drug-likeness (QED) is 0.645.